The average Bonchev–Trinajstić information content (AvgIpc) is 2.76. The molecule has 0 aliphatic carbocycles. The van der Waals surface area contributed by atoms with E-state index in [0.29, 0.717) is 5.56 Å². The van der Waals surface area contributed by atoms with Gasteiger partial charge in [0.15, 0.2) is 0 Å². The Morgan fingerprint density at radius 3 is 2.89 bits per heavy atom. The highest BCUT2D eigenvalue weighted by atomic mass is 79.9. The normalized spacial score (nSPS) is 10.6. The highest BCUT2D eigenvalue weighted by Gasteiger charge is 2.10. The molecule has 0 aliphatic heterocycles. The van der Waals surface area contributed by atoms with Crippen molar-refractivity contribution < 1.29 is 9.31 Å². The summed E-state index contributed by atoms with van der Waals surface area (Å²) in [5, 5.41) is 19.2. The number of halogens is 2. The first kappa shape index (κ1) is 13.6. The second-order valence-corrected chi connectivity index (χ2v) is 4.71. The van der Waals surface area contributed by atoms with Crippen molar-refractivity contribution in [3.05, 3.63) is 51.6 Å². The summed E-state index contributed by atoms with van der Waals surface area (Å²) in [6.07, 6.45) is 2.47. The number of aryl methyl sites for hydroxylation is 1. The summed E-state index contributed by atoms with van der Waals surface area (Å²) >= 11 is 3.30. The van der Waals surface area contributed by atoms with Crippen LogP contribution in [-0.4, -0.2) is 25.2 Å². The molecule has 1 aromatic heterocycles. The largest absolute Gasteiger partial charge is 0.272 e. The van der Waals surface area contributed by atoms with Crippen molar-refractivity contribution in [3.8, 4) is 0 Å². The van der Waals surface area contributed by atoms with Gasteiger partial charge in [-0.05, 0) is 11.6 Å². The number of alkyl halides is 1. The molecule has 0 spiro atoms. The molecule has 2 rings (SSSR count). The van der Waals surface area contributed by atoms with E-state index in [0.717, 1.165) is 23.5 Å². The van der Waals surface area contributed by atoms with Crippen LogP contribution in [0.25, 0.3) is 0 Å². The van der Waals surface area contributed by atoms with Crippen molar-refractivity contribution in [3.63, 3.8) is 0 Å². The van der Waals surface area contributed by atoms with Crippen molar-refractivity contribution >= 4 is 21.6 Å². The highest BCUT2D eigenvalue weighted by Crippen LogP contribution is 2.17. The number of aromatic nitrogens is 3. The summed E-state index contributed by atoms with van der Waals surface area (Å²) in [6, 6.07) is 3.47. The molecule has 0 saturated heterocycles. The average molecular weight is 329 g/mol. The molecule has 8 heteroatoms. The van der Waals surface area contributed by atoms with Gasteiger partial charge >= 0.3 is 0 Å². The van der Waals surface area contributed by atoms with E-state index in [4.69, 9.17) is 0 Å². The van der Waals surface area contributed by atoms with Crippen LogP contribution in [0.3, 0.4) is 0 Å². The van der Waals surface area contributed by atoms with E-state index in [9.17, 15) is 14.5 Å². The molecule has 0 fully saturated rings. The molecule has 0 bridgehead atoms. The van der Waals surface area contributed by atoms with Gasteiger partial charge in [0.05, 0.1) is 23.2 Å². The first-order valence-corrected chi connectivity index (χ1v) is 6.59. The number of nitrogens with zero attached hydrogens (tertiary/aromatic N) is 4. The summed E-state index contributed by atoms with van der Waals surface area (Å²) in [6.45, 7) is 0.244. The monoisotopic (exact) mass is 328 g/mol. The first-order chi connectivity index (χ1) is 9.08. The molecule has 0 amide bonds. The molecular formula is C11H10BrFN4O2. The smallest absolute Gasteiger partial charge is 0.258 e. The molecule has 100 valence electrons. The quantitative estimate of drug-likeness (QED) is 0.479. The summed E-state index contributed by atoms with van der Waals surface area (Å²) in [7, 11) is 0. The SMILES string of the molecule is O=[N+]([O-])c1cc(F)cc(Cn2cc(CCBr)nn2)c1. The molecule has 2 aromatic rings. The van der Waals surface area contributed by atoms with Gasteiger partial charge in [0.25, 0.3) is 5.69 Å². The molecule has 0 saturated carbocycles. The van der Waals surface area contributed by atoms with E-state index in [2.05, 4.69) is 26.2 Å². The number of nitro benzene ring substituents is 1. The summed E-state index contributed by atoms with van der Waals surface area (Å²) in [4.78, 5) is 10.0. The Labute approximate surface area is 116 Å². The zero-order valence-electron chi connectivity index (χ0n) is 9.79. The molecule has 0 N–H and O–H groups in total. The van der Waals surface area contributed by atoms with E-state index in [1.54, 1.807) is 6.20 Å². The fourth-order valence-corrected chi connectivity index (χ4v) is 2.05. The number of rotatable bonds is 5. The third-order valence-corrected chi connectivity index (χ3v) is 2.83. The molecule has 1 heterocycles. The third kappa shape index (κ3) is 3.57. The Bertz CT molecular complexity index is 602. The van der Waals surface area contributed by atoms with Gasteiger partial charge in [-0.25, -0.2) is 9.07 Å². The van der Waals surface area contributed by atoms with Crippen molar-refractivity contribution in [1.29, 1.82) is 0 Å². The highest BCUT2D eigenvalue weighted by molar-refractivity contribution is 9.09. The Balaban J connectivity index is 2.19. The van der Waals surface area contributed by atoms with Crippen LogP contribution in [0, 0.1) is 15.9 Å². The van der Waals surface area contributed by atoms with Gasteiger partial charge in [0.2, 0.25) is 0 Å². The van der Waals surface area contributed by atoms with E-state index < -0.39 is 10.7 Å². The van der Waals surface area contributed by atoms with Crippen LogP contribution in [0.5, 0.6) is 0 Å². The third-order valence-electron chi connectivity index (χ3n) is 2.43. The number of hydrogen-bond acceptors (Lipinski definition) is 4. The second kappa shape index (κ2) is 5.87. The molecule has 6 nitrogen and oxygen atoms in total. The summed E-state index contributed by atoms with van der Waals surface area (Å²) < 4.78 is 14.8. The number of nitro groups is 1. The Hall–Kier alpha value is -1.83. The standard InChI is InChI=1S/C11H10BrFN4O2/c12-2-1-10-7-16(15-14-10)6-8-3-9(13)5-11(4-8)17(18)19/h3-5,7H,1-2,6H2. The molecule has 0 unspecified atom stereocenters. The van der Waals surface area contributed by atoms with Crippen LogP contribution in [0.15, 0.2) is 24.4 Å². The van der Waals surface area contributed by atoms with Gasteiger partial charge in [0.1, 0.15) is 5.82 Å². The van der Waals surface area contributed by atoms with Gasteiger partial charge in [0, 0.05) is 24.0 Å². The fourth-order valence-electron chi connectivity index (χ4n) is 1.64. The molecule has 0 atom stereocenters. The lowest BCUT2D eigenvalue weighted by Gasteiger charge is -2.01. The van der Waals surface area contributed by atoms with Crippen LogP contribution < -0.4 is 0 Å². The minimum Gasteiger partial charge on any atom is -0.258 e. The molecule has 0 aliphatic rings. The van der Waals surface area contributed by atoms with Crippen molar-refractivity contribution in [1.82, 2.24) is 15.0 Å². The van der Waals surface area contributed by atoms with Crippen LogP contribution in [0.1, 0.15) is 11.3 Å². The topological polar surface area (TPSA) is 73.8 Å². The molecular weight excluding hydrogens is 319 g/mol. The van der Waals surface area contributed by atoms with Gasteiger partial charge in [-0.15, -0.1) is 5.10 Å². The van der Waals surface area contributed by atoms with Crippen LogP contribution in [0.2, 0.25) is 0 Å². The molecule has 0 radical (unpaired) electrons. The lowest BCUT2D eigenvalue weighted by Crippen LogP contribution is -2.02. The van der Waals surface area contributed by atoms with E-state index in [1.807, 2.05) is 0 Å². The maximum absolute atomic E-state index is 13.3. The fraction of sp³-hybridized carbons (Fsp3) is 0.273. The summed E-state index contributed by atoms with van der Waals surface area (Å²) in [5.41, 5.74) is 1.01. The van der Waals surface area contributed by atoms with Crippen molar-refractivity contribution in [2.24, 2.45) is 0 Å². The van der Waals surface area contributed by atoms with E-state index in [-0.39, 0.29) is 12.2 Å². The van der Waals surface area contributed by atoms with Crippen LogP contribution in [0.4, 0.5) is 10.1 Å². The lowest BCUT2D eigenvalue weighted by molar-refractivity contribution is -0.385. The van der Waals surface area contributed by atoms with Gasteiger partial charge < -0.3 is 0 Å². The minimum absolute atomic E-state index is 0.244. The first-order valence-electron chi connectivity index (χ1n) is 5.47. The molecule has 1 aromatic carbocycles. The minimum atomic E-state index is -0.634. The zero-order chi connectivity index (χ0) is 13.8. The predicted molar refractivity (Wildman–Crippen MR) is 69.7 cm³/mol. The van der Waals surface area contributed by atoms with E-state index >= 15 is 0 Å². The number of non-ortho nitro benzene ring substituents is 1. The maximum Gasteiger partial charge on any atom is 0.272 e. The number of hydrogen-bond donors (Lipinski definition) is 0. The predicted octanol–water partition coefficient (Wildman–Crippen LogP) is 2.31. The van der Waals surface area contributed by atoms with Crippen molar-refractivity contribution in [2.75, 3.05) is 5.33 Å². The van der Waals surface area contributed by atoms with Crippen molar-refractivity contribution in [2.45, 2.75) is 13.0 Å². The van der Waals surface area contributed by atoms with Gasteiger partial charge in [-0.3, -0.25) is 10.1 Å². The second-order valence-electron chi connectivity index (χ2n) is 3.92. The number of benzene rings is 1. The Morgan fingerprint density at radius 2 is 2.21 bits per heavy atom. The maximum atomic E-state index is 13.3. The lowest BCUT2D eigenvalue weighted by atomic mass is 10.2. The van der Waals surface area contributed by atoms with Crippen LogP contribution >= 0.6 is 15.9 Å². The Morgan fingerprint density at radius 1 is 1.42 bits per heavy atom. The molecule has 19 heavy (non-hydrogen) atoms. The Kier molecular flexibility index (Phi) is 4.20. The van der Waals surface area contributed by atoms with Gasteiger partial charge in [-0.2, -0.15) is 0 Å². The van der Waals surface area contributed by atoms with Crippen LogP contribution in [-0.2, 0) is 13.0 Å². The zero-order valence-corrected chi connectivity index (χ0v) is 11.4. The van der Waals surface area contributed by atoms with Gasteiger partial charge in [-0.1, -0.05) is 21.1 Å². The van der Waals surface area contributed by atoms with E-state index in [1.165, 1.54) is 16.8 Å². The summed E-state index contributed by atoms with van der Waals surface area (Å²) in [5.74, 6) is -0.634.